The van der Waals surface area contributed by atoms with Crippen LogP contribution in [0.15, 0.2) is 29.2 Å². The van der Waals surface area contributed by atoms with Gasteiger partial charge >= 0.3 is 0 Å². The lowest BCUT2D eigenvalue weighted by molar-refractivity contribution is 0.102. The van der Waals surface area contributed by atoms with Crippen molar-refractivity contribution < 1.29 is 13.2 Å². The van der Waals surface area contributed by atoms with Crippen LogP contribution in [0.4, 0.5) is 5.00 Å². The van der Waals surface area contributed by atoms with Crippen molar-refractivity contribution >= 4 is 32.3 Å². The fraction of sp³-hybridized carbons (Fsp3) is 0.500. The number of anilines is 1. The van der Waals surface area contributed by atoms with Crippen LogP contribution in [-0.4, -0.2) is 50.2 Å². The Bertz CT molecular complexity index is 1140. The van der Waals surface area contributed by atoms with Gasteiger partial charge in [-0.2, -0.15) is 9.57 Å². The maximum atomic E-state index is 13.2. The fourth-order valence-corrected chi connectivity index (χ4v) is 6.97. The molecule has 33 heavy (non-hydrogen) atoms. The SMILES string of the molecule is CC(C)CN(CC(C)C)S(=O)(=O)c1ccc(C(=O)Nc2sc3c(c2C#N)CCN(C)C3)cc1. The standard InChI is InChI=1S/C24H32N4O3S2/c1-16(2)13-28(14-17(3)4)33(30,31)19-8-6-18(7-9-19)23(29)26-24-21(12-25)20-10-11-27(5)15-22(20)32-24/h6-9,16-17H,10-11,13-15H2,1-5H3,(H,26,29). The number of benzene rings is 1. The molecule has 178 valence electrons. The van der Waals surface area contributed by atoms with Crippen molar-refractivity contribution in [3.05, 3.63) is 45.8 Å². The quantitative estimate of drug-likeness (QED) is 0.602. The molecule has 1 N–H and O–H groups in total. The van der Waals surface area contributed by atoms with Gasteiger partial charge in [0.1, 0.15) is 11.1 Å². The Balaban J connectivity index is 1.80. The van der Waals surface area contributed by atoms with E-state index in [1.165, 1.54) is 39.9 Å². The second-order valence-electron chi connectivity index (χ2n) is 9.40. The number of hydrogen-bond acceptors (Lipinski definition) is 6. The van der Waals surface area contributed by atoms with Crippen LogP contribution in [0.1, 0.15) is 54.1 Å². The number of likely N-dealkylation sites (N-methyl/N-ethyl adjacent to an activating group) is 1. The molecule has 0 atom stereocenters. The summed E-state index contributed by atoms with van der Waals surface area (Å²) in [5.74, 6) is 0.0484. The Labute approximate surface area is 201 Å². The average molecular weight is 489 g/mol. The predicted molar refractivity (Wildman–Crippen MR) is 132 cm³/mol. The highest BCUT2D eigenvalue weighted by Crippen LogP contribution is 2.36. The summed E-state index contributed by atoms with van der Waals surface area (Å²) in [6.07, 6.45) is 0.789. The molecule has 3 rings (SSSR count). The van der Waals surface area contributed by atoms with Crippen LogP contribution >= 0.6 is 11.3 Å². The van der Waals surface area contributed by atoms with Crippen molar-refractivity contribution in [3.63, 3.8) is 0 Å². The van der Waals surface area contributed by atoms with Crippen molar-refractivity contribution in [1.82, 2.24) is 9.21 Å². The number of thiophene rings is 1. The van der Waals surface area contributed by atoms with Crippen LogP contribution in [0.2, 0.25) is 0 Å². The lowest BCUT2D eigenvalue weighted by atomic mass is 10.0. The van der Waals surface area contributed by atoms with Crippen LogP contribution in [0.3, 0.4) is 0 Å². The molecule has 0 unspecified atom stereocenters. The third-order valence-corrected chi connectivity index (χ3v) is 8.46. The van der Waals surface area contributed by atoms with E-state index in [0.717, 1.165) is 30.0 Å². The summed E-state index contributed by atoms with van der Waals surface area (Å²) in [4.78, 5) is 16.3. The highest BCUT2D eigenvalue weighted by molar-refractivity contribution is 7.89. The molecule has 0 fully saturated rings. The van der Waals surface area contributed by atoms with Crippen LogP contribution in [-0.2, 0) is 23.0 Å². The molecule has 0 aliphatic carbocycles. The first-order valence-electron chi connectivity index (χ1n) is 11.2. The zero-order chi connectivity index (χ0) is 24.3. The Kier molecular flexibility index (Phi) is 7.96. The van der Waals surface area contributed by atoms with Crippen LogP contribution < -0.4 is 5.32 Å². The van der Waals surface area contributed by atoms with E-state index in [2.05, 4.69) is 16.3 Å². The summed E-state index contributed by atoms with van der Waals surface area (Å²) in [6, 6.07) is 8.26. The number of nitriles is 1. The summed E-state index contributed by atoms with van der Waals surface area (Å²) in [6.45, 7) is 10.5. The van der Waals surface area contributed by atoms with E-state index in [0.29, 0.717) is 29.2 Å². The van der Waals surface area contributed by atoms with E-state index in [1.54, 1.807) is 0 Å². The van der Waals surface area contributed by atoms with Gasteiger partial charge in [0.05, 0.1) is 10.5 Å². The number of carbonyl (C=O) groups excluding carboxylic acids is 1. The van der Waals surface area contributed by atoms with Gasteiger partial charge in [0.15, 0.2) is 0 Å². The molecule has 0 radical (unpaired) electrons. The van der Waals surface area contributed by atoms with Crippen molar-refractivity contribution in [3.8, 4) is 6.07 Å². The molecule has 1 aromatic heterocycles. The third kappa shape index (κ3) is 5.82. The van der Waals surface area contributed by atoms with E-state index < -0.39 is 10.0 Å². The third-order valence-electron chi connectivity index (χ3n) is 5.48. The van der Waals surface area contributed by atoms with Gasteiger partial charge in [-0.1, -0.05) is 27.7 Å². The lowest BCUT2D eigenvalue weighted by Crippen LogP contribution is -2.37. The molecule has 1 aliphatic rings. The second kappa shape index (κ2) is 10.3. The molecule has 2 heterocycles. The molecule has 0 bridgehead atoms. The Morgan fingerprint density at radius 2 is 1.79 bits per heavy atom. The zero-order valence-electron chi connectivity index (χ0n) is 19.9. The van der Waals surface area contributed by atoms with Crippen molar-refractivity contribution in [1.29, 1.82) is 5.26 Å². The van der Waals surface area contributed by atoms with Crippen molar-refractivity contribution in [2.75, 3.05) is 32.0 Å². The number of rotatable bonds is 8. The monoisotopic (exact) mass is 488 g/mol. The van der Waals surface area contributed by atoms with Gasteiger partial charge in [-0.05, 0) is 55.1 Å². The predicted octanol–water partition coefficient (Wildman–Crippen LogP) is 4.16. The van der Waals surface area contributed by atoms with Gasteiger partial charge < -0.3 is 10.2 Å². The van der Waals surface area contributed by atoms with Crippen molar-refractivity contribution in [2.24, 2.45) is 11.8 Å². The minimum Gasteiger partial charge on any atom is -0.312 e. The molecule has 0 spiro atoms. The topological polar surface area (TPSA) is 93.5 Å². The summed E-state index contributed by atoms with van der Waals surface area (Å²) in [5, 5.41) is 13.1. The number of amides is 1. The first-order chi connectivity index (χ1) is 15.5. The molecule has 9 heteroatoms. The van der Waals surface area contributed by atoms with Crippen LogP contribution in [0, 0.1) is 23.2 Å². The second-order valence-corrected chi connectivity index (χ2v) is 12.4. The first kappa shape index (κ1) is 25.4. The Hall–Kier alpha value is -2.25. The van der Waals surface area contributed by atoms with Gasteiger partial charge in [-0.15, -0.1) is 11.3 Å². The summed E-state index contributed by atoms with van der Waals surface area (Å²) >= 11 is 1.44. The minimum absolute atomic E-state index is 0.174. The highest BCUT2D eigenvalue weighted by atomic mass is 32.2. The van der Waals surface area contributed by atoms with Gasteiger partial charge in [-0.3, -0.25) is 4.79 Å². The first-order valence-corrected chi connectivity index (χ1v) is 13.4. The van der Waals surface area contributed by atoms with E-state index in [9.17, 15) is 18.5 Å². The van der Waals surface area contributed by atoms with E-state index in [1.807, 2.05) is 34.7 Å². The summed E-state index contributed by atoms with van der Waals surface area (Å²) in [5.41, 5.74) is 1.90. The highest BCUT2D eigenvalue weighted by Gasteiger charge is 2.27. The Morgan fingerprint density at radius 3 is 2.33 bits per heavy atom. The molecule has 0 saturated carbocycles. The van der Waals surface area contributed by atoms with Crippen LogP contribution in [0.25, 0.3) is 0 Å². The Morgan fingerprint density at radius 1 is 1.18 bits per heavy atom. The lowest BCUT2D eigenvalue weighted by Gasteiger charge is -2.25. The number of nitrogens with one attached hydrogen (secondary N) is 1. The maximum Gasteiger partial charge on any atom is 0.256 e. The van der Waals surface area contributed by atoms with E-state index in [-0.39, 0.29) is 22.6 Å². The summed E-state index contributed by atoms with van der Waals surface area (Å²) < 4.78 is 27.9. The molecule has 0 saturated heterocycles. The zero-order valence-corrected chi connectivity index (χ0v) is 21.5. The molecule has 1 amide bonds. The van der Waals surface area contributed by atoms with E-state index in [4.69, 9.17) is 0 Å². The number of hydrogen-bond donors (Lipinski definition) is 1. The number of nitrogens with zero attached hydrogens (tertiary/aromatic N) is 3. The number of carbonyl (C=O) groups is 1. The van der Waals surface area contributed by atoms with Gasteiger partial charge in [-0.25, -0.2) is 8.42 Å². The van der Waals surface area contributed by atoms with Gasteiger partial charge in [0.2, 0.25) is 10.0 Å². The fourth-order valence-electron chi connectivity index (χ4n) is 3.93. The minimum atomic E-state index is -3.65. The summed E-state index contributed by atoms with van der Waals surface area (Å²) in [7, 11) is -1.62. The maximum absolute atomic E-state index is 13.2. The van der Waals surface area contributed by atoms with Gasteiger partial charge in [0.25, 0.3) is 5.91 Å². The molecular weight excluding hydrogens is 456 g/mol. The smallest absolute Gasteiger partial charge is 0.256 e. The molecule has 1 aromatic carbocycles. The van der Waals surface area contributed by atoms with E-state index >= 15 is 0 Å². The van der Waals surface area contributed by atoms with Gasteiger partial charge in [0, 0.05) is 36.6 Å². The largest absolute Gasteiger partial charge is 0.312 e. The number of fused-ring (bicyclic) bond motifs is 1. The number of sulfonamides is 1. The molecule has 2 aromatic rings. The molecule has 7 nitrogen and oxygen atoms in total. The van der Waals surface area contributed by atoms with Crippen molar-refractivity contribution in [2.45, 2.75) is 45.6 Å². The molecular formula is C24H32N4O3S2. The molecule has 1 aliphatic heterocycles. The average Bonchev–Trinajstić information content (AvgIpc) is 3.08. The van der Waals surface area contributed by atoms with Crippen LogP contribution in [0.5, 0.6) is 0 Å². The normalized spacial score (nSPS) is 14.5.